The fraction of sp³-hybridized carbons (Fsp3) is 0.571. The lowest BCUT2D eigenvalue weighted by Crippen LogP contribution is -2.30. The first-order valence-electron chi connectivity index (χ1n) is 6.78. The maximum Gasteiger partial charge on any atom is 0.240 e. The molecule has 0 unspecified atom stereocenters. The van der Waals surface area contributed by atoms with Gasteiger partial charge in [0.15, 0.2) is 0 Å². The van der Waals surface area contributed by atoms with Crippen LogP contribution in [0.1, 0.15) is 25.8 Å². The highest BCUT2D eigenvalue weighted by atomic mass is 32.2. The van der Waals surface area contributed by atoms with Crippen LogP contribution in [0, 0.1) is 6.92 Å². The maximum atomic E-state index is 12.0. The van der Waals surface area contributed by atoms with E-state index in [2.05, 4.69) is 23.5 Å². The molecule has 0 aliphatic rings. The summed E-state index contributed by atoms with van der Waals surface area (Å²) in [7, 11) is -3.36. The Balaban J connectivity index is 2.45. The van der Waals surface area contributed by atoms with E-state index in [1.165, 1.54) is 0 Å². The third-order valence-corrected chi connectivity index (χ3v) is 4.65. The van der Waals surface area contributed by atoms with E-state index in [-0.39, 0.29) is 0 Å². The molecule has 0 bridgehead atoms. The number of nitrogens with zero attached hydrogens (tertiary/aromatic N) is 1. The van der Waals surface area contributed by atoms with E-state index in [1.807, 2.05) is 19.1 Å². The van der Waals surface area contributed by atoms with Crippen molar-refractivity contribution in [2.24, 2.45) is 0 Å². The Kier molecular flexibility index (Phi) is 6.48. The zero-order chi connectivity index (χ0) is 14.3. The summed E-state index contributed by atoms with van der Waals surface area (Å²) in [5.41, 5.74) is 1.06. The fourth-order valence-corrected chi connectivity index (χ4v) is 2.92. The summed E-state index contributed by atoms with van der Waals surface area (Å²) < 4.78 is 26.6. The lowest BCUT2D eigenvalue weighted by molar-refractivity contribution is 0.300. The second kappa shape index (κ2) is 7.62. The summed E-state index contributed by atoms with van der Waals surface area (Å²) >= 11 is 0. The van der Waals surface area contributed by atoms with Crippen LogP contribution in [-0.4, -0.2) is 39.5 Å². The Morgan fingerprint density at radius 3 is 2.21 bits per heavy atom. The van der Waals surface area contributed by atoms with Gasteiger partial charge in [0, 0.05) is 6.54 Å². The molecule has 1 N–H and O–H groups in total. The van der Waals surface area contributed by atoms with Crippen molar-refractivity contribution in [3.8, 4) is 0 Å². The Labute approximate surface area is 116 Å². The zero-order valence-corrected chi connectivity index (χ0v) is 12.8. The summed E-state index contributed by atoms with van der Waals surface area (Å²) in [6.07, 6.45) is 0.826. The van der Waals surface area contributed by atoms with E-state index >= 15 is 0 Å². The lowest BCUT2D eigenvalue weighted by atomic mass is 10.2. The van der Waals surface area contributed by atoms with Gasteiger partial charge in [0.1, 0.15) is 0 Å². The van der Waals surface area contributed by atoms with Crippen LogP contribution in [0.4, 0.5) is 0 Å². The van der Waals surface area contributed by atoms with Crippen LogP contribution in [0.15, 0.2) is 29.2 Å². The predicted molar refractivity (Wildman–Crippen MR) is 78.8 cm³/mol. The van der Waals surface area contributed by atoms with Crippen molar-refractivity contribution in [3.05, 3.63) is 29.8 Å². The highest BCUT2D eigenvalue weighted by Crippen LogP contribution is 2.09. The first-order valence-corrected chi connectivity index (χ1v) is 8.26. The van der Waals surface area contributed by atoms with Gasteiger partial charge in [-0.1, -0.05) is 31.5 Å². The molecule has 108 valence electrons. The number of hydrogen-bond acceptors (Lipinski definition) is 3. The van der Waals surface area contributed by atoms with Crippen molar-refractivity contribution in [2.45, 2.75) is 32.1 Å². The second-order valence-electron chi connectivity index (χ2n) is 4.59. The third kappa shape index (κ3) is 5.30. The van der Waals surface area contributed by atoms with Crippen molar-refractivity contribution in [1.29, 1.82) is 0 Å². The van der Waals surface area contributed by atoms with E-state index in [9.17, 15) is 8.42 Å². The monoisotopic (exact) mass is 284 g/mol. The molecule has 0 aliphatic heterocycles. The largest absolute Gasteiger partial charge is 0.304 e. The van der Waals surface area contributed by atoms with Crippen molar-refractivity contribution < 1.29 is 8.42 Å². The lowest BCUT2D eigenvalue weighted by Gasteiger charge is -2.17. The van der Waals surface area contributed by atoms with Gasteiger partial charge in [0.05, 0.1) is 4.90 Å². The second-order valence-corrected chi connectivity index (χ2v) is 6.36. The molecule has 0 saturated carbocycles. The van der Waals surface area contributed by atoms with Crippen LogP contribution in [0.3, 0.4) is 0 Å². The summed E-state index contributed by atoms with van der Waals surface area (Å²) in [6, 6.07) is 6.90. The van der Waals surface area contributed by atoms with Crippen molar-refractivity contribution in [2.75, 3.05) is 26.2 Å². The van der Waals surface area contributed by atoms with Gasteiger partial charge in [0.25, 0.3) is 0 Å². The van der Waals surface area contributed by atoms with Gasteiger partial charge in [-0.25, -0.2) is 13.1 Å². The van der Waals surface area contributed by atoms with Gasteiger partial charge in [0.2, 0.25) is 10.0 Å². The van der Waals surface area contributed by atoms with Gasteiger partial charge < -0.3 is 4.90 Å². The van der Waals surface area contributed by atoms with Crippen LogP contribution >= 0.6 is 0 Å². The van der Waals surface area contributed by atoms with E-state index in [1.54, 1.807) is 12.1 Å². The first-order chi connectivity index (χ1) is 8.99. The van der Waals surface area contributed by atoms with Gasteiger partial charge in [-0.15, -0.1) is 0 Å². The van der Waals surface area contributed by atoms with Gasteiger partial charge >= 0.3 is 0 Å². The molecular weight excluding hydrogens is 260 g/mol. The normalized spacial score (nSPS) is 12.0. The molecule has 0 spiro atoms. The molecule has 0 atom stereocenters. The fourth-order valence-electron chi connectivity index (χ4n) is 1.85. The smallest absolute Gasteiger partial charge is 0.240 e. The third-order valence-electron chi connectivity index (χ3n) is 3.17. The minimum atomic E-state index is -3.36. The van der Waals surface area contributed by atoms with E-state index in [4.69, 9.17) is 0 Å². The van der Waals surface area contributed by atoms with Gasteiger partial charge in [-0.3, -0.25) is 0 Å². The maximum absolute atomic E-state index is 12.0. The summed E-state index contributed by atoms with van der Waals surface area (Å²) in [5.74, 6) is 0. The van der Waals surface area contributed by atoms with Crippen molar-refractivity contribution in [1.82, 2.24) is 9.62 Å². The van der Waals surface area contributed by atoms with Crippen LogP contribution in [0.2, 0.25) is 0 Å². The number of sulfonamides is 1. The number of nitrogens with one attached hydrogen (secondary N) is 1. The molecule has 1 aromatic rings. The van der Waals surface area contributed by atoms with Crippen LogP contribution < -0.4 is 4.72 Å². The average Bonchev–Trinajstić information content (AvgIpc) is 2.39. The van der Waals surface area contributed by atoms with Crippen molar-refractivity contribution in [3.63, 3.8) is 0 Å². The zero-order valence-electron chi connectivity index (χ0n) is 12.0. The Hall–Kier alpha value is -0.910. The molecule has 0 aromatic heterocycles. The van der Waals surface area contributed by atoms with Crippen LogP contribution in [-0.2, 0) is 10.0 Å². The van der Waals surface area contributed by atoms with E-state index in [0.717, 1.165) is 31.6 Å². The summed E-state index contributed by atoms with van der Waals surface area (Å²) in [6.45, 7) is 9.56. The predicted octanol–water partition coefficient (Wildman–Crippen LogP) is 2.01. The number of hydrogen-bond donors (Lipinski definition) is 1. The molecule has 0 fully saturated rings. The molecule has 1 rings (SSSR count). The molecule has 0 radical (unpaired) electrons. The first kappa shape index (κ1) is 16.1. The molecule has 0 amide bonds. The van der Waals surface area contributed by atoms with E-state index < -0.39 is 10.0 Å². The summed E-state index contributed by atoms with van der Waals surface area (Å²) in [5, 5.41) is 0. The molecule has 5 heteroatoms. The highest BCUT2D eigenvalue weighted by Gasteiger charge is 2.12. The quantitative estimate of drug-likeness (QED) is 0.743. The van der Waals surface area contributed by atoms with E-state index in [0.29, 0.717) is 11.4 Å². The molecule has 1 aromatic carbocycles. The molecule has 0 saturated heterocycles. The minimum absolute atomic E-state index is 0.334. The highest BCUT2D eigenvalue weighted by molar-refractivity contribution is 7.89. The SMILES string of the molecule is CCN(CC)CCCNS(=O)(=O)c1ccc(C)cc1. The Morgan fingerprint density at radius 1 is 1.11 bits per heavy atom. The average molecular weight is 284 g/mol. The number of aryl methyl sites for hydroxylation is 1. The van der Waals surface area contributed by atoms with Gasteiger partial charge in [-0.2, -0.15) is 0 Å². The standard InChI is InChI=1S/C14H24N2O2S/c1-4-16(5-2)12-6-11-15-19(17,18)14-9-7-13(3)8-10-14/h7-10,15H,4-6,11-12H2,1-3H3. The Morgan fingerprint density at radius 2 is 1.68 bits per heavy atom. The molecule has 4 nitrogen and oxygen atoms in total. The van der Waals surface area contributed by atoms with Crippen LogP contribution in [0.5, 0.6) is 0 Å². The summed E-state index contributed by atoms with van der Waals surface area (Å²) in [4.78, 5) is 2.61. The Bertz CT molecular complexity index is 465. The topological polar surface area (TPSA) is 49.4 Å². The molecule has 19 heavy (non-hydrogen) atoms. The van der Waals surface area contributed by atoms with Crippen molar-refractivity contribution >= 4 is 10.0 Å². The molecular formula is C14H24N2O2S. The number of benzene rings is 1. The van der Waals surface area contributed by atoms with Gasteiger partial charge in [-0.05, 0) is 45.1 Å². The molecule has 0 aliphatic carbocycles. The number of rotatable bonds is 8. The molecule has 0 heterocycles. The minimum Gasteiger partial charge on any atom is -0.304 e. The van der Waals surface area contributed by atoms with Crippen LogP contribution in [0.25, 0.3) is 0 Å².